The molecule has 2 aromatic carbocycles. The Balaban J connectivity index is 1.59. The van der Waals surface area contributed by atoms with Gasteiger partial charge in [0.25, 0.3) is 5.56 Å². The smallest absolute Gasteiger partial charge is 0.267 e. The monoisotopic (exact) mass is 469 g/mol. The second-order valence-corrected chi connectivity index (χ2v) is 10.4. The lowest BCUT2D eigenvalue weighted by atomic mass is 10.2. The van der Waals surface area contributed by atoms with Gasteiger partial charge >= 0.3 is 0 Å². The molecule has 0 unspecified atom stereocenters. The molecule has 0 aliphatic carbocycles. The molecule has 4 rings (SSSR count). The van der Waals surface area contributed by atoms with Gasteiger partial charge < -0.3 is 0 Å². The molecule has 0 saturated heterocycles. The van der Waals surface area contributed by atoms with Crippen LogP contribution in [0.5, 0.6) is 0 Å². The molecule has 2 heterocycles. The summed E-state index contributed by atoms with van der Waals surface area (Å²) in [6.45, 7) is 1.91. The van der Waals surface area contributed by atoms with Crippen molar-refractivity contribution in [3.8, 4) is 5.82 Å². The van der Waals surface area contributed by atoms with Gasteiger partial charge in [-0.25, -0.2) is 27.3 Å². The van der Waals surface area contributed by atoms with Crippen molar-refractivity contribution in [3.63, 3.8) is 0 Å². The van der Waals surface area contributed by atoms with Crippen molar-refractivity contribution in [3.05, 3.63) is 88.6 Å². The lowest BCUT2D eigenvalue weighted by molar-refractivity contribution is 0.593. The third-order valence-corrected chi connectivity index (χ3v) is 7.68. The first-order valence-electron chi connectivity index (χ1n) is 9.91. The fourth-order valence-electron chi connectivity index (χ4n) is 3.23. The number of nitrogens with zero attached hydrogens (tertiary/aromatic N) is 3. The highest BCUT2D eigenvalue weighted by molar-refractivity contribution is 7.99. The van der Waals surface area contributed by atoms with Gasteiger partial charge in [0.1, 0.15) is 11.6 Å². The summed E-state index contributed by atoms with van der Waals surface area (Å²) >= 11 is 1.30. The van der Waals surface area contributed by atoms with Gasteiger partial charge in [-0.05, 0) is 67.4 Å². The molecule has 164 valence electrons. The molecule has 2 aromatic heterocycles. The van der Waals surface area contributed by atoms with E-state index in [9.17, 15) is 17.6 Å². The zero-order valence-corrected chi connectivity index (χ0v) is 18.9. The molecule has 0 fully saturated rings. The fraction of sp³-hybridized carbons (Fsp3) is 0.174. The third kappa shape index (κ3) is 4.73. The molecule has 0 saturated carbocycles. The average molecular weight is 470 g/mol. The van der Waals surface area contributed by atoms with E-state index in [-0.39, 0.29) is 16.2 Å². The maximum absolute atomic E-state index is 13.2. The number of aryl methyl sites for hydroxylation is 1. The van der Waals surface area contributed by atoms with Crippen LogP contribution < -0.4 is 5.56 Å². The Hall–Kier alpha value is -3.04. The number of sulfone groups is 1. The third-order valence-electron chi connectivity index (χ3n) is 4.84. The first-order valence-corrected chi connectivity index (χ1v) is 12.5. The van der Waals surface area contributed by atoms with Crippen molar-refractivity contribution < 1.29 is 12.8 Å². The van der Waals surface area contributed by atoms with Crippen molar-refractivity contribution in [2.75, 3.05) is 11.5 Å². The molecule has 0 aliphatic rings. The summed E-state index contributed by atoms with van der Waals surface area (Å²) in [5.74, 6) is 0.322. The van der Waals surface area contributed by atoms with E-state index in [2.05, 4.69) is 9.97 Å². The number of benzene rings is 2. The molecule has 0 spiro atoms. The molecular weight excluding hydrogens is 449 g/mol. The van der Waals surface area contributed by atoms with Crippen LogP contribution in [0.4, 0.5) is 4.39 Å². The first kappa shape index (κ1) is 22.2. The predicted octanol–water partition coefficient (Wildman–Crippen LogP) is 4.18. The minimum Gasteiger partial charge on any atom is -0.268 e. The zero-order valence-electron chi connectivity index (χ0n) is 17.2. The Morgan fingerprint density at radius 1 is 1.06 bits per heavy atom. The SMILES string of the molecule is Cc1ccnc(-n2c(SCCCS(=O)(=O)c3ccc(F)cc3)nc3ccccc3c2=O)c1. The number of fused-ring (bicyclic) bond motifs is 1. The van der Waals surface area contributed by atoms with Crippen LogP contribution in [0.3, 0.4) is 0 Å². The largest absolute Gasteiger partial charge is 0.268 e. The second kappa shape index (κ2) is 9.22. The highest BCUT2D eigenvalue weighted by Crippen LogP contribution is 2.22. The topological polar surface area (TPSA) is 81.9 Å². The van der Waals surface area contributed by atoms with Crippen molar-refractivity contribution in [2.45, 2.75) is 23.4 Å². The summed E-state index contributed by atoms with van der Waals surface area (Å²) in [5, 5.41) is 0.935. The van der Waals surface area contributed by atoms with Crippen molar-refractivity contribution in [1.29, 1.82) is 0 Å². The van der Waals surface area contributed by atoms with Crippen LogP contribution in [0.25, 0.3) is 16.7 Å². The molecule has 0 N–H and O–H groups in total. The quantitative estimate of drug-likeness (QED) is 0.175. The number of hydrogen-bond donors (Lipinski definition) is 0. The average Bonchev–Trinajstić information content (AvgIpc) is 2.77. The summed E-state index contributed by atoms with van der Waals surface area (Å²) in [6.07, 6.45) is 1.98. The Kier molecular flexibility index (Phi) is 6.38. The van der Waals surface area contributed by atoms with E-state index in [0.29, 0.717) is 34.1 Å². The summed E-state index contributed by atoms with van der Waals surface area (Å²) in [4.78, 5) is 22.3. The van der Waals surface area contributed by atoms with Crippen LogP contribution in [0.1, 0.15) is 12.0 Å². The van der Waals surface area contributed by atoms with Crippen LogP contribution in [-0.4, -0.2) is 34.5 Å². The van der Waals surface area contributed by atoms with E-state index >= 15 is 0 Å². The normalized spacial score (nSPS) is 11.7. The molecule has 0 radical (unpaired) electrons. The summed E-state index contributed by atoms with van der Waals surface area (Å²) in [5.41, 5.74) is 1.30. The van der Waals surface area contributed by atoms with Gasteiger partial charge in [-0.2, -0.15) is 0 Å². The summed E-state index contributed by atoms with van der Waals surface area (Å²) in [6, 6.07) is 15.5. The molecule has 9 heteroatoms. The lowest BCUT2D eigenvalue weighted by Crippen LogP contribution is -2.23. The van der Waals surface area contributed by atoms with Gasteiger partial charge in [0.2, 0.25) is 0 Å². The van der Waals surface area contributed by atoms with Crippen molar-refractivity contribution >= 4 is 32.5 Å². The highest BCUT2D eigenvalue weighted by atomic mass is 32.2. The molecule has 0 bridgehead atoms. The number of pyridine rings is 1. The van der Waals surface area contributed by atoms with Gasteiger partial charge in [-0.3, -0.25) is 4.79 Å². The van der Waals surface area contributed by atoms with Crippen molar-refractivity contribution in [2.24, 2.45) is 0 Å². The summed E-state index contributed by atoms with van der Waals surface area (Å²) < 4.78 is 39.5. The van der Waals surface area contributed by atoms with E-state index in [4.69, 9.17) is 0 Å². The first-order chi connectivity index (χ1) is 15.3. The number of halogens is 1. The van der Waals surface area contributed by atoms with Crippen LogP contribution in [0.2, 0.25) is 0 Å². The fourth-order valence-corrected chi connectivity index (χ4v) is 5.66. The Labute approximate surface area is 189 Å². The van der Waals surface area contributed by atoms with Gasteiger partial charge in [0, 0.05) is 11.9 Å². The molecular formula is C23H20FN3O3S2. The molecule has 0 aliphatic heterocycles. The molecule has 6 nitrogen and oxygen atoms in total. The second-order valence-electron chi connectivity index (χ2n) is 7.22. The van der Waals surface area contributed by atoms with E-state index < -0.39 is 15.7 Å². The standard InChI is InChI=1S/C23H20FN3O3S2/c1-16-11-12-25-21(15-16)27-22(28)19-5-2-3-6-20(19)26-23(27)31-13-4-14-32(29,30)18-9-7-17(24)8-10-18/h2-3,5-12,15H,4,13-14H2,1H3. The lowest BCUT2D eigenvalue weighted by Gasteiger charge is -2.13. The Bertz CT molecular complexity index is 1440. The number of aromatic nitrogens is 3. The molecule has 4 aromatic rings. The van der Waals surface area contributed by atoms with Crippen LogP contribution >= 0.6 is 11.8 Å². The van der Waals surface area contributed by atoms with E-state index in [1.54, 1.807) is 30.5 Å². The van der Waals surface area contributed by atoms with E-state index in [1.807, 2.05) is 19.1 Å². The maximum atomic E-state index is 13.2. The number of hydrogen-bond acceptors (Lipinski definition) is 6. The van der Waals surface area contributed by atoms with E-state index in [1.165, 1.54) is 28.5 Å². The maximum Gasteiger partial charge on any atom is 0.267 e. The van der Waals surface area contributed by atoms with Crippen LogP contribution in [-0.2, 0) is 9.84 Å². The highest BCUT2D eigenvalue weighted by Gasteiger charge is 2.17. The predicted molar refractivity (Wildman–Crippen MR) is 124 cm³/mol. The van der Waals surface area contributed by atoms with Crippen LogP contribution in [0, 0.1) is 12.7 Å². The molecule has 0 amide bonds. The van der Waals surface area contributed by atoms with Crippen molar-refractivity contribution in [1.82, 2.24) is 14.5 Å². The number of para-hydroxylation sites is 1. The van der Waals surface area contributed by atoms with Crippen LogP contribution in [0.15, 0.2) is 81.7 Å². The molecule has 32 heavy (non-hydrogen) atoms. The Morgan fingerprint density at radius 2 is 1.81 bits per heavy atom. The van der Waals surface area contributed by atoms with E-state index in [0.717, 1.165) is 17.7 Å². The minimum atomic E-state index is -3.52. The van der Waals surface area contributed by atoms with Gasteiger partial charge in [-0.15, -0.1) is 0 Å². The van der Waals surface area contributed by atoms with Gasteiger partial charge in [0.05, 0.1) is 21.6 Å². The minimum absolute atomic E-state index is 0.0911. The summed E-state index contributed by atoms with van der Waals surface area (Å²) in [7, 11) is -3.52. The Morgan fingerprint density at radius 3 is 2.56 bits per heavy atom. The number of rotatable bonds is 7. The zero-order chi connectivity index (χ0) is 22.7. The van der Waals surface area contributed by atoms with Gasteiger partial charge in [0.15, 0.2) is 15.0 Å². The number of thioether (sulfide) groups is 1. The van der Waals surface area contributed by atoms with Gasteiger partial charge in [-0.1, -0.05) is 23.9 Å². The molecule has 0 atom stereocenters.